The summed E-state index contributed by atoms with van der Waals surface area (Å²) in [5.41, 5.74) is 0. The molecule has 3 nitrogen and oxygen atoms in total. The molecule has 3 fully saturated rings. The van der Waals surface area contributed by atoms with Gasteiger partial charge in [-0.05, 0) is 38.5 Å². The summed E-state index contributed by atoms with van der Waals surface area (Å²) < 4.78 is 14.8. The van der Waals surface area contributed by atoms with Crippen LogP contribution >= 0.6 is 0 Å². The van der Waals surface area contributed by atoms with Crippen LogP contribution in [0.1, 0.15) is 38.5 Å². The minimum Gasteiger partial charge on any atom is -1.00 e. The molecule has 101 valence electrons. The SMILES string of the molecule is C1CCOC1.C1CCOC1.C1CCOC1.[Cl-].[Cr+3]. The van der Waals surface area contributed by atoms with Crippen molar-refractivity contribution in [3.8, 4) is 0 Å². The first kappa shape index (κ1) is 20.0. The van der Waals surface area contributed by atoms with Gasteiger partial charge < -0.3 is 26.6 Å². The van der Waals surface area contributed by atoms with Crippen molar-refractivity contribution in [2.24, 2.45) is 0 Å². The molecule has 0 N–H and O–H groups in total. The van der Waals surface area contributed by atoms with E-state index in [9.17, 15) is 0 Å². The Labute approximate surface area is 122 Å². The largest absolute Gasteiger partial charge is 3.00 e. The Kier molecular flexibility index (Phi) is 19.7. The Morgan fingerprint density at radius 3 is 0.647 bits per heavy atom. The standard InChI is InChI=1S/3C4H8O.ClH.Cr/c3*1-2-4-5-3-1;;/h3*1-4H2;1H;/q;;;;+3/p-1. The molecule has 0 amide bonds. The molecular formula is C12H24ClCrO3+2. The molecule has 17 heavy (non-hydrogen) atoms. The summed E-state index contributed by atoms with van der Waals surface area (Å²) in [6.07, 6.45) is 7.67. The van der Waals surface area contributed by atoms with E-state index in [0.29, 0.717) is 0 Å². The van der Waals surface area contributed by atoms with Gasteiger partial charge in [0.15, 0.2) is 0 Å². The van der Waals surface area contributed by atoms with Gasteiger partial charge >= 0.3 is 17.4 Å². The summed E-state index contributed by atoms with van der Waals surface area (Å²) in [4.78, 5) is 0. The molecule has 0 spiro atoms. The van der Waals surface area contributed by atoms with Crippen LogP contribution in [0, 0.1) is 0 Å². The van der Waals surface area contributed by atoms with Crippen molar-refractivity contribution in [2.75, 3.05) is 39.6 Å². The maximum Gasteiger partial charge on any atom is 3.00 e. The molecule has 3 rings (SSSR count). The van der Waals surface area contributed by atoms with E-state index in [0.717, 1.165) is 39.6 Å². The fourth-order valence-corrected chi connectivity index (χ4v) is 1.53. The third kappa shape index (κ3) is 14.6. The molecule has 3 aliphatic rings. The summed E-state index contributed by atoms with van der Waals surface area (Å²) in [5.74, 6) is 0. The zero-order valence-electron chi connectivity index (χ0n) is 10.5. The zero-order valence-corrected chi connectivity index (χ0v) is 12.5. The van der Waals surface area contributed by atoms with Crippen molar-refractivity contribution < 1.29 is 44.0 Å². The predicted molar refractivity (Wildman–Crippen MR) is 60.2 cm³/mol. The van der Waals surface area contributed by atoms with Crippen molar-refractivity contribution in [3.63, 3.8) is 0 Å². The molecule has 0 aliphatic carbocycles. The Balaban J connectivity index is 0. The van der Waals surface area contributed by atoms with Crippen LogP contribution in [0.2, 0.25) is 0 Å². The molecule has 3 heterocycles. The topological polar surface area (TPSA) is 27.7 Å². The second kappa shape index (κ2) is 16.7. The molecule has 0 aromatic heterocycles. The molecule has 3 saturated heterocycles. The average Bonchev–Trinajstić information content (AvgIpc) is 3.09. The zero-order chi connectivity index (χ0) is 10.6. The van der Waals surface area contributed by atoms with Gasteiger partial charge in [0.2, 0.25) is 0 Å². The van der Waals surface area contributed by atoms with E-state index in [1.807, 2.05) is 0 Å². The van der Waals surface area contributed by atoms with Crippen LogP contribution in [0.15, 0.2) is 0 Å². The first-order chi connectivity index (χ1) is 7.50. The van der Waals surface area contributed by atoms with Crippen LogP contribution in [0.4, 0.5) is 0 Å². The number of hydrogen-bond acceptors (Lipinski definition) is 3. The molecular weight excluding hydrogens is 280 g/mol. The van der Waals surface area contributed by atoms with Crippen LogP contribution < -0.4 is 12.4 Å². The molecule has 0 aromatic rings. The third-order valence-electron chi connectivity index (χ3n) is 2.48. The molecule has 0 saturated carbocycles. The van der Waals surface area contributed by atoms with E-state index in [1.165, 1.54) is 38.5 Å². The number of rotatable bonds is 0. The Bertz CT molecular complexity index is 80.3. The molecule has 0 aromatic carbocycles. The summed E-state index contributed by atoms with van der Waals surface area (Å²) in [6, 6.07) is 0. The molecule has 0 unspecified atom stereocenters. The summed E-state index contributed by atoms with van der Waals surface area (Å²) in [5, 5.41) is 0. The van der Waals surface area contributed by atoms with E-state index in [-0.39, 0.29) is 29.8 Å². The normalized spacial score (nSPS) is 21.2. The first-order valence-corrected chi connectivity index (χ1v) is 6.23. The van der Waals surface area contributed by atoms with Crippen LogP contribution in [0.3, 0.4) is 0 Å². The van der Waals surface area contributed by atoms with Crippen molar-refractivity contribution in [2.45, 2.75) is 38.5 Å². The van der Waals surface area contributed by atoms with Crippen LogP contribution in [-0.4, -0.2) is 39.6 Å². The third-order valence-corrected chi connectivity index (χ3v) is 2.48. The molecule has 0 bridgehead atoms. The summed E-state index contributed by atoms with van der Waals surface area (Å²) >= 11 is 0. The van der Waals surface area contributed by atoms with E-state index in [1.54, 1.807) is 0 Å². The van der Waals surface area contributed by atoms with Crippen molar-refractivity contribution >= 4 is 0 Å². The van der Waals surface area contributed by atoms with E-state index < -0.39 is 0 Å². The maximum absolute atomic E-state index is 4.94. The first-order valence-electron chi connectivity index (χ1n) is 6.23. The second-order valence-electron chi connectivity index (χ2n) is 3.96. The Hall–Kier alpha value is 0.702. The number of ether oxygens (including phenoxy) is 3. The monoisotopic (exact) mass is 303 g/mol. The number of halogens is 1. The van der Waals surface area contributed by atoms with E-state index in [4.69, 9.17) is 14.2 Å². The summed E-state index contributed by atoms with van der Waals surface area (Å²) in [7, 11) is 0. The number of hydrogen-bond donors (Lipinski definition) is 0. The van der Waals surface area contributed by atoms with Gasteiger partial charge in [-0.2, -0.15) is 0 Å². The van der Waals surface area contributed by atoms with Crippen LogP contribution in [-0.2, 0) is 31.6 Å². The van der Waals surface area contributed by atoms with Crippen LogP contribution in [0.25, 0.3) is 0 Å². The minimum absolute atomic E-state index is 0. The van der Waals surface area contributed by atoms with Crippen LogP contribution in [0.5, 0.6) is 0 Å². The fourth-order valence-electron chi connectivity index (χ4n) is 1.53. The smallest absolute Gasteiger partial charge is 1.00 e. The van der Waals surface area contributed by atoms with Gasteiger partial charge in [-0.1, -0.05) is 0 Å². The van der Waals surface area contributed by atoms with Crippen molar-refractivity contribution in [1.82, 2.24) is 0 Å². The molecule has 3 aliphatic heterocycles. The predicted octanol–water partition coefficient (Wildman–Crippen LogP) is -0.608. The van der Waals surface area contributed by atoms with Gasteiger partial charge in [-0.25, -0.2) is 0 Å². The van der Waals surface area contributed by atoms with E-state index in [2.05, 4.69) is 0 Å². The summed E-state index contributed by atoms with van der Waals surface area (Å²) in [6.45, 7) is 6.00. The Morgan fingerprint density at radius 2 is 0.588 bits per heavy atom. The van der Waals surface area contributed by atoms with E-state index >= 15 is 0 Å². The second-order valence-corrected chi connectivity index (χ2v) is 3.96. The fraction of sp³-hybridized carbons (Fsp3) is 1.00. The quantitative estimate of drug-likeness (QED) is 0.598. The van der Waals surface area contributed by atoms with Crippen molar-refractivity contribution in [1.29, 1.82) is 0 Å². The Morgan fingerprint density at radius 1 is 0.412 bits per heavy atom. The van der Waals surface area contributed by atoms with Gasteiger partial charge in [0.1, 0.15) is 0 Å². The molecule has 0 atom stereocenters. The minimum atomic E-state index is 0. The molecule has 1 radical (unpaired) electrons. The maximum atomic E-state index is 4.94. The van der Waals surface area contributed by atoms with Gasteiger partial charge in [0.05, 0.1) is 0 Å². The van der Waals surface area contributed by atoms with Gasteiger partial charge in [-0.15, -0.1) is 0 Å². The molecule has 5 heteroatoms. The van der Waals surface area contributed by atoms with Gasteiger partial charge in [0, 0.05) is 39.6 Å². The van der Waals surface area contributed by atoms with Gasteiger partial charge in [-0.3, -0.25) is 0 Å². The average molecular weight is 304 g/mol. The van der Waals surface area contributed by atoms with Crippen molar-refractivity contribution in [3.05, 3.63) is 0 Å². The van der Waals surface area contributed by atoms with Gasteiger partial charge in [0.25, 0.3) is 0 Å².